The Labute approximate surface area is 240 Å². The lowest BCUT2D eigenvalue weighted by atomic mass is 10.1. The van der Waals surface area contributed by atoms with Crippen LogP contribution in [0.15, 0.2) is 47.4 Å². The van der Waals surface area contributed by atoms with Crippen LogP contribution in [0.25, 0.3) is 5.82 Å². The molecule has 4 N–H and O–H groups in total. The maximum atomic E-state index is 14.9. The third-order valence-electron chi connectivity index (χ3n) is 6.70. The number of rotatable bonds is 10. The first-order valence-corrected chi connectivity index (χ1v) is 14.0. The van der Waals surface area contributed by atoms with E-state index in [1.165, 1.54) is 33.9 Å². The van der Waals surface area contributed by atoms with E-state index in [4.69, 9.17) is 9.56 Å². The van der Waals surface area contributed by atoms with Gasteiger partial charge in [0.15, 0.2) is 5.82 Å². The van der Waals surface area contributed by atoms with E-state index in [1.807, 2.05) is 0 Å². The highest BCUT2D eigenvalue weighted by atomic mass is 32.2. The molecule has 1 fully saturated rings. The Hall–Kier alpha value is -4.20. The predicted molar refractivity (Wildman–Crippen MR) is 138 cm³/mol. The van der Waals surface area contributed by atoms with E-state index in [9.17, 15) is 35.9 Å². The van der Waals surface area contributed by atoms with Crippen molar-refractivity contribution in [2.75, 3.05) is 11.9 Å². The number of aliphatic hydroxyl groups excluding tert-OH is 1. The van der Waals surface area contributed by atoms with Crippen molar-refractivity contribution in [2.45, 2.75) is 44.4 Å². The molecule has 0 aromatic carbocycles. The quantitative estimate of drug-likeness (QED) is 0.171. The van der Waals surface area contributed by atoms with Crippen LogP contribution in [0.1, 0.15) is 39.7 Å². The lowest BCUT2D eigenvalue weighted by Gasteiger charge is -2.18. The van der Waals surface area contributed by atoms with Gasteiger partial charge in [0.05, 0.1) is 30.9 Å². The maximum absolute atomic E-state index is 14.9. The molecule has 0 radical (unpaired) electrons. The summed E-state index contributed by atoms with van der Waals surface area (Å²) in [7, 11) is -4.29. The molecule has 43 heavy (non-hydrogen) atoms. The number of anilines is 1. The minimum absolute atomic E-state index is 0.0339. The number of nitrogens with one attached hydrogen (secondary N) is 1. The monoisotopic (exact) mass is 628 g/mol. The van der Waals surface area contributed by atoms with Gasteiger partial charge in [-0.1, -0.05) is 0 Å². The number of aryl methyl sites for hydroxylation is 1. The van der Waals surface area contributed by atoms with Crippen LogP contribution in [0, 0.1) is 12.8 Å². The van der Waals surface area contributed by atoms with Crippen molar-refractivity contribution in [3.63, 3.8) is 0 Å². The standard InChI is InChI=1S/C24H24F4N8O6S/c1-12-6-17(33-36(12)19-4-5-35(34-19)9-14-2-3-18(42-14)24(26,27)28)22(38)15-8-30-11-31-23(15)32-16-7-13(21(37)20(16)25)10-41-43(29,39)40/h2-6,8,11,13,16,20-21,37H,7,9-10H2,1H3,(H2,29,39,40)(H,30,31,32)/t13-,16-,20-,21-/m1/s1. The molecule has 0 bridgehead atoms. The molecule has 14 nitrogen and oxygen atoms in total. The average Bonchev–Trinajstić information content (AvgIpc) is 3.72. The second kappa shape index (κ2) is 11.5. The number of aromatic nitrogens is 6. The number of furan rings is 1. The number of alkyl halides is 4. The third kappa shape index (κ3) is 6.74. The van der Waals surface area contributed by atoms with Crippen LogP contribution in [0.3, 0.4) is 0 Å². The Balaban J connectivity index is 1.31. The van der Waals surface area contributed by atoms with E-state index >= 15 is 0 Å². The molecule has 4 atom stereocenters. The number of aliphatic hydroxyl groups is 1. The minimum Gasteiger partial charge on any atom is -0.455 e. The van der Waals surface area contributed by atoms with Gasteiger partial charge in [-0.05, 0) is 31.5 Å². The summed E-state index contributed by atoms with van der Waals surface area (Å²) < 4.78 is 87.5. The van der Waals surface area contributed by atoms with Crippen LogP contribution in [-0.4, -0.2) is 73.8 Å². The molecule has 4 heterocycles. The van der Waals surface area contributed by atoms with E-state index < -0.39 is 58.9 Å². The summed E-state index contributed by atoms with van der Waals surface area (Å²) in [5.41, 5.74) is 0.410. The lowest BCUT2D eigenvalue weighted by Crippen LogP contribution is -2.33. The summed E-state index contributed by atoms with van der Waals surface area (Å²) in [6.45, 7) is 1.04. The van der Waals surface area contributed by atoms with E-state index in [2.05, 4.69) is 29.7 Å². The normalized spacial score (nSPS) is 20.9. The van der Waals surface area contributed by atoms with Crippen LogP contribution in [0.4, 0.5) is 23.4 Å². The first-order chi connectivity index (χ1) is 20.2. The van der Waals surface area contributed by atoms with Crippen LogP contribution < -0.4 is 10.5 Å². The van der Waals surface area contributed by atoms with Gasteiger partial charge in [0.1, 0.15) is 29.8 Å². The Kier molecular flexibility index (Phi) is 8.07. The van der Waals surface area contributed by atoms with Crippen LogP contribution in [0.2, 0.25) is 0 Å². The number of carbonyl (C=O) groups is 1. The molecule has 0 amide bonds. The van der Waals surface area contributed by atoms with Gasteiger partial charge in [0.2, 0.25) is 11.5 Å². The van der Waals surface area contributed by atoms with Gasteiger partial charge in [-0.3, -0.25) is 13.7 Å². The van der Waals surface area contributed by atoms with Crippen molar-refractivity contribution in [3.05, 3.63) is 71.5 Å². The van der Waals surface area contributed by atoms with Gasteiger partial charge in [0, 0.05) is 30.1 Å². The molecule has 1 saturated carbocycles. The third-order valence-corrected chi connectivity index (χ3v) is 7.16. The SMILES string of the molecule is Cc1cc(C(=O)c2cncnc2N[C@@H]2C[C@H](COS(N)(=O)=O)[C@@H](O)[C@@H]2F)nn1-c1ccn(Cc2ccc(C(F)(F)F)o2)n1. The Morgan fingerprint density at radius 2 is 2.05 bits per heavy atom. The maximum Gasteiger partial charge on any atom is 0.449 e. The van der Waals surface area contributed by atoms with E-state index in [-0.39, 0.29) is 41.6 Å². The highest BCUT2D eigenvalue weighted by Crippen LogP contribution is 2.33. The molecule has 1 aliphatic carbocycles. The molecule has 230 valence electrons. The zero-order valence-electron chi connectivity index (χ0n) is 22.1. The van der Waals surface area contributed by atoms with Gasteiger partial charge >= 0.3 is 16.5 Å². The number of halogens is 4. The van der Waals surface area contributed by atoms with E-state index in [0.29, 0.717) is 5.69 Å². The number of hydrogen-bond acceptors (Lipinski definition) is 11. The summed E-state index contributed by atoms with van der Waals surface area (Å²) >= 11 is 0. The summed E-state index contributed by atoms with van der Waals surface area (Å²) in [6.07, 6.45) is -4.22. The molecule has 4 aromatic rings. The van der Waals surface area contributed by atoms with Crippen LogP contribution in [0.5, 0.6) is 0 Å². The summed E-state index contributed by atoms with van der Waals surface area (Å²) in [6, 6.07) is 4.00. The van der Waals surface area contributed by atoms with Crippen molar-refractivity contribution in [2.24, 2.45) is 11.1 Å². The van der Waals surface area contributed by atoms with Crippen molar-refractivity contribution < 1.29 is 44.5 Å². The van der Waals surface area contributed by atoms with Crippen molar-refractivity contribution in [3.8, 4) is 5.82 Å². The van der Waals surface area contributed by atoms with Gasteiger partial charge in [-0.2, -0.15) is 31.8 Å². The largest absolute Gasteiger partial charge is 0.455 e. The number of ketones is 1. The van der Waals surface area contributed by atoms with Gasteiger partial charge < -0.3 is 14.8 Å². The fraction of sp³-hybridized carbons (Fsp3) is 0.375. The predicted octanol–water partition coefficient (Wildman–Crippen LogP) is 1.78. The number of carbonyl (C=O) groups excluding carboxylic acids is 1. The fourth-order valence-electron chi connectivity index (χ4n) is 4.65. The smallest absolute Gasteiger partial charge is 0.449 e. The molecular weight excluding hydrogens is 604 g/mol. The summed E-state index contributed by atoms with van der Waals surface area (Å²) in [5.74, 6) is -2.38. The van der Waals surface area contributed by atoms with Crippen molar-refractivity contribution >= 4 is 21.9 Å². The molecule has 0 spiro atoms. The molecule has 4 aromatic heterocycles. The Morgan fingerprint density at radius 1 is 1.28 bits per heavy atom. The second-order valence-corrected chi connectivity index (χ2v) is 11.0. The zero-order valence-corrected chi connectivity index (χ0v) is 23.0. The molecule has 5 rings (SSSR count). The molecule has 0 aliphatic heterocycles. The molecule has 0 unspecified atom stereocenters. The zero-order chi connectivity index (χ0) is 31.1. The fourth-order valence-corrected chi connectivity index (χ4v) is 5.01. The minimum atomic E-state index is -4.61. The van der Waals surface area contributed by atoms with Gasteiger partial charge in [-0.25, -0.2) is 24.2 Å². The Morgan fingerprint density at radius 3 is 2.74 bits per heavy atom. The lowest BCUT2D eigenvalue weighted by molar-refractivity contribution is -0.153. The number of nitrogens with zero attached hydrogens (tertiary/aromatic N) is 6. The molecule has 1 aliphatic rings. The van der Waals surface area contributed by atoms with E-state index in [1.54, 1.807) is 13.0 Å². The number of nitrogens with two attached hydrogens (primary N) is 1. The summed E-state index contributed by atoms with van der Waals surface area (Å²) in [5, 5.41) is 26.4. The van der Waals surface area contributed by atoms with E-state index in [0.717, 1.165) is 12.4 Å². The first-order valence-electron chi connectivity index (χ1n) is 12.6. The highest BCUT2D eigenvalue weighted by Gasteiger charge is 2.44. The highest BCUT2D eigenvalue weighted by molar-refractivity contribution is 7.84. The molecular formula is C24H24F4N8O6S. The van der Waals surface area contributed by atoms with Crippen molar-refractivity contribution in [1.82, 2.24) is 29.5 Å². The van der Waals surface area contributed by atoms with Crippen LogP contribution in [-0.2, 0) is 27.2 Å². The average molecular weight is 629 g/mol. The molecule has 19 heteroatoms. The first kappa shape index (κ1) is 30.3. The number of hydrogen-bond donors (Lipinski definition) is 3. The molecule has 0 saturated heterocycles. The van der Waals surface area contributed by atoms with Crippen LogP contribution >= 0.6 is 0 Å². The van der Waals surface area contributed by atoms with Gasteiger partial charge in [0.25, 0.3) is 0 Å². The summed E-state index contributed by atoms with van der Waals surface area (Å²) in [4.78, 5) is 21.3. The van der Waals surface area contributed by atoms with Gasteiger partial charge in [-0.15, -0.1) is 0 Å². The Bertz CT molecular complexity index is 1740. The second-order valence-electron chi connectivity index (χ2n) is 9.79. The topological polar surface area (TPSA) is 193 Å². The van der Waals surface area contributed by atoms with Crippen molar-refractivity contribution in [1.29, 1.82) is 0 Å².